The number of hydrogen-bond donors (Lipinski definition) is 2. The Morgan fingerprint density at radius 1 is 1.29 bits per heavy atom. The molecule has 0 fully saturated rings. The van der Waals surface area contributed by atoms with E-state index >= 15 is 0 Å². The number of nitrogens with one attached hydrogen (secondary N) is 2. The summed E-state index contributed by atoms with van der Waals surface area (Å²) in [4.78, 5) is 22.3. The van der Waals surface area contributed by atoms with Gasteiger partial charge < -0.3 is 4.98 Å². The molecule has 0 spiro atoms. The minimum absolute atomic E-state index is 0.00512. The smallest absolute Gasteiger partial charge is 0.264 e. The van der Waals surface area contributed by atoms with E-state index in [0.717, 1.165) is 23.9 Å². The summed E-state index contributed by atoms with van der Waals surface area (Å²) in [6, 6.07) is 5.87. The number of sulfonamides is 1. The Balaban J connectivity index is 2.27. The van der Waals surface area contributed by atoms with Gasteiger partial charge in [-0.25, -0.2) is 18.1 Å². The molecule has 2 aromatic rings. The van der Waals surface area contributed by atoms with E-state index in [9.17, 15) is 13.2 Å². The highest BCUT2D eigenvalue weighted by atomic mass is 32.2. The third-order valence-corrected chi connectivity index (χ3v) is 4.77. The maximum absolute atomic E-state index is 11.9. The SMILES string of the molecule is CC(=O)NS(=O)(=O)c1ccc(N=Cc2c(C)nc(=S)[nH]c2C)cc1. The molecule has 1 aromatic carbocycles. The number of aromatic amines is 1. The van der Waals surface area contributed by atoms with Crippen molar-refractivity contribution in [3.05, 3.63) is 46.0 Å². The largest absolute Gasteiger partial charge is 0.334 e. The summed E-state index contributed by atoms with van der Waals surface area (Å²) in [5.41, 5.74) is 2.99. The van der Waals surface area contributed by atoms with E-state index in [-0.39, 0.29) is 4.90 Å². The molecule has 0 radical (unpaired) electrons. The summed E-state index contributed by atoms with van der Waals surface area (Å²) in [5.74, 6) is -0.642. The van der Waals surface area contributed by atoms with Crippen molar-refractivity contribution in [3.8, 4) is 0 Å². The van der Waals surface area contributed by atoms with Crippen molar-refractivity contribution in [1.82, 2.24) is 14.7 Å². The molecule has 0 bridgehead atoms. The van der Waals surface area contributed by atoms with E-state index in [2.05, 4.69) is 15.0 Å². The van der Waals surface area contributed by atoms with Crippen LogP contribution in [0.4, 0.5) is 5.69 Å². The van der Waals surface area contributed by atoms with Crippen LogP contribution in [0.3, 0.4) is 0 Å². The molecule has 0 saturated carbocycles. The summed E-state index contributed by atoms with van der Waals surface area (Å²) in [5, 5.41) is 0. The number of carbonyl (C=O) groups excluding carboxylic acids is 1. The minimum atomic E-state index is -3.84. The fraction of sp³-hybridized carbons (Fsp3) is 0.200. The lowest BCUT2D eigenvalue weighted by Gasteiger charge is -2.05. The first-order valence-corrected chi connectivity index (χ1v) is 8.83. The van der Waals surface area contributed by atoms with Crippen molar-refractivity contribution in [1.29, 1.82) is 0 Å². The fourth-order valence-corrected chi connectivity index (χ4v) is 3.31. The molecule has 126 valence electrons. The highest BCUT2D eigenvalue weighted by Gasteiger charge is 2.14. The van der Waals surface area contributed by atoms with Crippen LogP contribution in [0.25, 0.3) is 0 Å². The zero-order valence-corrected chi connectivity index (χ0v) is 15.0. The van der Waals surface area contributed by atoms with Crippen molar-refractivity contribution < 1.29 is 13.2 Å². The van der Waals surface area contributed by atoms with Crippen molar-refractivity contribution in [2.75, 3.05) is 0 Å². The van der Waals surface area contributed by atoms with Crippen molar-refractivity contribution in [2.24, 2.45) is 4.99 Å². The van der Waals surface area contributed by atoms with E-state index in [1.807, 2.05) is 18.6 Å². The van der Waals surface area contributed by atoms with Crippen LogP contribution in [0.15, 0.2) is 34.2 Å². The van der Waals surface area contributed by atoms with Crippen LogP contribution in [0.2, 0.25) is 0 Å². The topological polar surface area (TPSA) is 104 Å². The Morgan fingerprint density at radius 3 is 2.46 bits per heavy atom. The van der Waals surface area contributed by atoms with E-state index in [1.165, 1.54) is 12.1 Å². The molecular formula is C15H16N4O3S2. The monoisotopic (exact) mass is 364 g/mol. The molecule has 1 aromatic heterocycles. The van der Waals surface area contributed by atoms with E-state index in [0.29, 0.717) is 10.5 Å². The number of H-pyrrole nitrogens is 1. The van der Waals surface area contributed by atoms with Crippen LogP contribution in [0.5, 0.6) is 0 Å². The summed E-state index contributed by atoms with van der Waals surface area (Å²) in [6.45, 7) is 4.84. The van der Waals surface area contributed by atoms with Gasteiger partial charge in [-0.3, -0.25) is 9.79 Å². The Hall–Kier alpha value is -2.39. The maximum Gasteiger partial charge on any atom is 0.264 e. The van der Waals surface area contributed by atoms with Gasteiger partial charge in [-0.05, 0) is 50.3 Å². The number of nitrogens with zero attached hydrogens (tertiary/aromatic N) is 2. The maximum atomic E-state index is 11.9. The Bertz CT molecular complexity index is 935. The molecule has 7 nitrogen and oxygen atoms in total. The number of rotatable bonds is 4. The summed E-state index contributed by atoms with van der Waals surface area (Å²) >= 11 is 5.01. The van der Waals surface area contributed by atoms with E-state index in [1.54, 1.807) is 18.3 Å². The summed E-state index contributed by atoms with van der Waals surface area (Å²) in [6.07, 6.45) is 1.64. The van der Waals surface area contributed by atoms with Gasteiger partial charge in [0.15, 0.2) is 4.77 Å². The number of aromatic nitrogens is 2. The van der Waals surface area contributed by atoms with Gasteiger partial charge in [0, 0.05) is 24.4 Å². The molecule has 1 heterocycles. The predicted octanol–water partition coefficient (Wildman–Crippen LogP) is 2.33. The molecule has 0 aliphatic carbocycles. The standard InChI is InChI=1S/C15H16N4O3S2/c1-9-14(10(2)18-15(23)17-9)8-16-12-4-6-13(7-5-12)24(21,22)19-11(3)20/h4-8H,1-3H3,(H,19,20)(H,17,18,23). The van der Waals surface area contributed by atoms with Gasteiger partial charge in [0.05, 0.1) is 16.3 Å². The quantitative estimate of drug-likeness (QED) is 0.640. The second-order valence-corrected chi connectivity index (χ2v) is 7.15. The lowest BCUT2D eigenvalue weighted by Crippen LogP contribution is -2.28. The van der Waals surface area contributed by atoms with Crippen LogP contribution >= 0.6 is 12.2 Å². The van der Waals surface area contributed by atoms with Crippen LogP contribution in [0, 0.1) is 18.6 Å². The minimum Gasteiger partial charge on any atom is -0.334 e. The molecule has 0 saturated heterocycles. The molecule has 2 rings (SSSR count). The van der Waals surface area contributed by atoms with Gasteiger partial charge in [0.1, 0.15) is 0 Å². The molecule has 0 aliphatic rings. The number of amides is 1. The fourth-order valence-electron chi connectivity index (χ4n) is 2.03. The first-order valence-electron chi connectivity index (χ1n) is 6.94. The van der Waals surface area contributed by atoms with Crippen LogP contribution in [-0.4, -0.2) is 30.5 Å². The normalized spacial score (nSPS) is 11.6. The highest BCUT2D eigenvalue weighted by molar-refractivity contribution is 7.90. The molecule has 0 unspecified atom stereocenters. The second kappa shape index (κ2) is 7.02. The van der Waals surface area contributed by atoms with Crippen LogP contribution < -0.4 is 4.72 Å². The molecule has 0 atom stereocenters. The Morgan fingerprint density at radius 2 is 1.92 bits per heavy atom. The number of hydrogen-bond acceptors (Lipinski definition) is 6. The summed E-state index contributed by atoms with van der Waals surface area (Å²) in [7, 11) is -3.84. The van der Waals surface area contributed by atoms with Gasteiger partial charge in [-0.1, -0.05) is 0 Å². The summed E-state index contributed by atoms with van der Waals surface area (Å²) < 4.78 is 26.0. The van der Waals surface area contributed by atoms with Crippen molar-refractivity contribution in [2.45, 2.75) is 25.7 Å². The van der Waals surface area contributed by atoms with Crippen molar-refractivity contribution >= 4 is 40.1 Å². The third kappa shape index (κ3) is 4.33. The molecule has 0 aliphatic heterocycles. The predicted molar refractivity (Wildman–Crippen MR) is 93.6 cm³/mol. The van der Waals surface area contributed by atoms with Gasteiger partial charge >= 0.3 is 0 Å². The highest BCUT2D eigenvalue weighted by Crippen LogP contribution is 2.17. The van der Waals surface area contributed by atoms with Crippen LogP contribution in [-0.2, 0) is 14.8 Å². The molecule has 24 heavy (non-hydrogen) atoms. The van der Waals surface area contributed by atoms with E-state index < -0.39 is 15.9 Å². The van der Waals surface area contributed by atoms with Gasteiger partial charge in [0.2, 0.25) is 5.91 Å². The van der Waals surface area contributed by atoms with E-state index in [4.69, 9.17) is 12.2 Å². The molecular weight excluding hydrogens is 348 g/mol. The van der Waals surface area contributed by atoms with Gasteiger partial charge in [0.25, 0.3) is 10.0 Å². The lowest BCUT2D eigenvalue weighted by molar-refractivity contribution is -0.117. The Kier molecular flexibility index (Phi) is 5.25. The zero-order valence-electron chi connectivity index (χ0n) is 13.3. The third-order valence-electron chi connectivity index (χ3n) is 3.13. The first kappa shape index (κ1) is 18.0. The first-order chi connectivity index (χ1) is 11.2. The van der Waals surface area contributed by atoms with Crippen molar-refractivity contribution in [3.63, 3.8) is 0 Å². The zero-order chi connectivity index (χ0) is 17.9. The number of aryl methyl sites for hydroxylation is 2. The average molecular weight is 364 g/mol. The lowest BCUT2D eigenvalue weighted by atomic mass is 10.2. The Labute approximate surface area is 144 Å². The van der Waals surface area contributed by atoms with Gasteiger partial charge in [-0.2, -0.15) is 0 Å². The molecule has 1 amide bonds. The number of aliphatic imine (C=N–C) groups is 1. The second-order valence-electron chi connectivity index (χ2n) is 5.08. The molecule has 2 N–H and O–H groups in total. The average Bonchev–Trinajstić information content (AvgIpc) is 2.45. The van der Waals surface area contributed by atoms with Crippen LogP contribution in [0.1, 0.15) is 23.9 Å². The number of benzene rings is 1. The van der Waals surface area contributed by atoms with Gasteiger partial charge in [-0.15, -0.1) is 0 Å². The number of carbonyl (C=O) groups is 1. The molecule has 9 heteroatoms.